The Morgan fingerprint density at radius 2 is 1.83 bits per heavy atom. The van der Waals surface area contributed by atoms with Gasteiger partial charge in [0.25, 0.3) is 10.2 Å². The number of aliphatic hydroxyl groups is 1. The van der Waals surface area contributed by atoms with E-state index in [2.05, 4.69) is 4.72 Å². The van der Waals surface area contributed by atoms with Crippen LogP contribution in [0, 0.1) is 17.8 Å². The number of nitrogens with zero attached hydrogens (tertiary/aromatic N) is 1. The molecule has 3 fully saturated rings. The first-order chi connectivity index (χ1) is 11.1. The Hall–Kier alpha value is -0.710. The van der Waals surface area contributed by atoms with E-state index in [4.69, 9.17) is 0 Å². The van der Waals surface area contributed by atoms with Crippen molar-refractivity contribution in [3.8, 4) is 0 Å². The minimum Gasteiger partial charge on any atom is -0.391 e. The molecule has 2 saturated carbocycles. The standard InChI is InChI=1S/C14H21F3N2O4S/c15-14(16,17)10-2-1-8-5-13(21)12(4-9(8)3-10)19-6-11(7-20)18-24(19,22)23/h7-13,18,21H,1-6H2. The lowest BCUT2D eigenvalue weighted by molar-refractivity contribution is -0.192. The SMILES string of the molecule is O=CC1CN(C2CC3CC(C(F)(F)F)CCC3CC2O)S(=O)(=O)N1. The molecule has 3 rings (SSSR count). The van der Waals surface area contributed by atoms with Gasteiger partial charge in [-0.15, -0.1) is 0 Å². The zero-order valence-corrected chi connectivity index (χ0v) is 13.8. The molecule has 0 amide bonds. The van der Waals surface area contributed by atoms with Crippen LogP contribution in [0.25, 0.3) is 0 Å². The van der Waals surface area contributed by atoms with Crippen LogP contribution < -0.4 is 4.72 Å². The maximum Gasteiger partial charge on any atom is 0.391 e. The van der Waals surface area contributed by atoms with Gasteiger partial charge < -0.3 is 9.90 Å². The molecular weight excluding hydrogens is 349 g/mol. The van der Waals surface area contributed by atoms with Gasteiger partial charge in [0.15, 0.2) is 0 Å². The van der Waals surface area contributed by atoms with Crippen LogP contribution in [0.5, 0.6) is 0 Å². The molecule has 0 aromatic rings. The Balaban J connectivity index is 1.76. The molecule has 1 saturated heterocycles. The Kier molecular flexibility index (Phi) is 4.69. The van der Waals surface area contributed by atoms with Crippen LogP contribution in [0.3, 0.4) is 0 Å². The number of fused-ring (bicyclic) bond motifs is 1. The molecule has 2 N–H and O–H groups in total. The maximum atomic E-state index is 13.0. The number of alkyl halides is 3. The van der Waals surface area contributed by atoms with Gasteiger partial charge in [0.05, 0.1) is 24.1 Å². The number of hydrogen-bond acceptors (Lipinski definition) is 4. The number of rotatable bonds is 2. The van der Waals surface area contributed by atoms with Crippen LogP contribution in [-0.2, 0) is 15.0 Å². The molecule has 0 spiro atoms. The molecule has 6 unspecified atom stereocenters. The average Bonchev–Trinajstić information content (AvgIpc) is 2.80. The molecule has 10 heteroatoms. The summed E-state index contributed by atoms with van der Waals surface area (Å²) in [6.07, 6.45) is -3.72. The fraction of sp³-hybridized carbons (Fsp3) is 0.929. The van der Waals surface area contributed by atoms with Crippen LogP contribution >= 0.6 is 0 Å². The van der Waals surface area contributed by atoms with E-state index in [0.717, 1.165) is 4.31 Å². The molecule has 24 heavy (non-hydrogen) atoms. The Morgan fingerprint density at radius 3 is 2.42 bits per heavy atom. The Bertz CT molecular complexity index is 597. The third-order valence-corrected chi connectivity index (χ3v) is 7.29. The van der Waals surface area contributed by atoms with Crippen molar-refractivity contribution in [1.29, 1.82) is 0 Å². The summed E-state index contributed by atoms with van der Waals surface area (Å²) in [4.78, 5) is 10.8. The molecule has 6 nitrogen and oxygen atoms in total. The molecule has 0 aromatic carbocycles. The van der Waals surface area contributed by atoms with Crippen molar-refractivity contribution in [2.75, 3.05) is 6.54 Å². The summed E-state index contributed by atoms with van der Waals surface area (Å²) in [6, 6.07) is -1.66. The van der Waals surface area contributed by atoms with Crippen molar-refractivity contribution < 1.29 is 31.5 Å². The van der Waals surface area contributed by atoms with E-state index in [-0.39, 0.29) is 37.6 Å². The van der Waals surface area contributed by atoms with Crippen molar-refractivity contribution >= 4 is 16.5 Å². The molecule has 2 aliphatic carbocycles. The second-order valence-electron chi connectivity index (χ2n) is 7.11. The Morgan fingerprint density at radius 1 is 1.12 bits per heavy atom. The van der Waals surface area contributed by atoms with Gasteiger partial charge in [-0.2, -0.15) is 30.6 Å². The largest absolute Gasteiger partial charge is 0.391 e. The first kappa shape index (κ1) is 18.1. The van der Waals surface area contributed by atoms with Gasteiger partial charge in [0.1, 0.15) is 6.29 Å². The first-order valence-electron chi connectivity index (χ1n) is 8.11. The second kappa shape index (κ2) is 6.22. The number of hydrogen-bond donors (Lipinski definition) is 2. The van der Waals surface area contributed by atoms with Crippen LogP contribution in [0.1, 0.15) is 32.1 Å². The topological polar surface area (TPSA) is 86.7 Å². The van der Waals surface area contributed by atoms with Gasteiger partial charge in [-0.05, 0) is 43.9 Å². The van der Waals surface area contributed by atoms with Gasteiger partial charge in [0.2, 0.25) is 0 Å². The van der Waals surface area contributed by atoms with Gasteiger partial charge in [-0.25, -0.2) is 0 Å². The van der Waals surface area contributed by atoms with Crippen LogP contribution in [0.15, 0.2) is 0 Å². The van der Waals surface area contributed by atoms with Crippen molar-refractivity contribution in [2.24, 2.45) is 17.8 Å². The predicted octanol–water partition coefficient (Wildman–Crippen LogP) is 0.822. The number of halogens is 3. The lowest BCUT2D eigenvalue weighted by atomic mass is 9.65. The minimum absolute atomic E-state index is 0.00464. The highest BCUT2D eigenvalue weighted by atomic mass is 32.2. The third kappa shape index (κ3) is 3.33. The fourth-order valence-electron chi connectivity index (χ4n) is 4.44. The van der Waals surface area contributed by atoms with Gasteiger partial charge in [0, 0.05) is 6.54 Å². The van der Waals surface area contributed by atoms with Crippen molar-refractivity contribution in [3.05, 3.63) is 0 Å². The minimum atomic E-state index is -4.24. The van der Waals surface area contributed by atoms with Crippen molar-refractivity contribution in [2.45, 2.75) is 56.5 Å². The number of carbonyl (C=O) groups excluding carboxylic acids is 1. The number of nitrogens with one attached hydrogen (secondary N) is 1. The normalized spacial score (nSPS) is 43.3. The summed E-state index contributed by atoms with van der Waals surface area (Å²) >= 11 is 0. The lowest BCUT2D eigenvalue weighted by Crippen LogP contribution is -2.52. The first-order valence-corrected chi connectivity index (χ1v) is 9.55. The van der Waals surface area contributed by atoms with Crippen molar-refractivity contribution in [1.82, 2.24) is 9.03 Å². The summed E-state index contributed by atoms with van der Waals surface area (Å²) < 4.78 is 66.5. The number of aliphatic hydroxyl groups excluding tert-OH is 1. The average molecular weight is 370 g/mol. The van der Waals surface area contributed by atoms with E-state index in [1.807, 2.05) is 0 Å². The second-order valence-corrected chi connectivity index (χ2v) is 8.77. The van der Waals surface area contributed by atoms with E-state index < -0.39 is 40.5 Å². The molecule has 1 aliphatic heterocycles. The molecule has 0 aromatic heterocycles. The predicted molar refractivity (Wildman–Crippen MR) is 78.0 cm³/mol. The van der Waals surface area contributed by atoms with Crippen LogP contribution in [-0.4, -0.2) is 55.0 Å². The highest BCUT2D eigenvalue weighted by molar-refractivity contribution is 7.87. The van der Waals surface area contributed by atoms with Gasteiger partial charge >= 0.3 is 6.18 Å². The third-order valence-electron chi connectivity index (χ3n) is 5.66. The molecule has 0 radical (unpaired) electrons. The number of aldehydes is 1. The zero-order chi connectivity index (χ0) is 17.7. The summed E-state index contributed by atoms with van der Waals surface area (Å²) in [5, 5.41) is 10.3. The van der Waals surface area contributed by atoms with Crippen LogP contribution in [0.2, 0.25) is 0 Å². The highest BCUT2D eigenvalue weighted by Gasteiger charge is 2.51. The van der Waals surface area contributed by atoms with Gasteiger partial charge in [-0.3, -0.25) is 0 Å². The summed E-state index contributed by atoms with van der Waals surface area (Å²) in [7, 11) is -3.89. The Labute approximate surface area is 138 Å². The van der Waals surface area contributed by atoms with Crippen molar-refractivity contribution in [3.63, 3.8) is 0 Å². The van der Waals surface area contributed by atoms with E-state index in [0.29, 0.717) is 19.1 Å². The van der Waals surface area contributed by atoms with E-state index in [1.54, 1.807) is 0 Å². The van der Waals surface area contributed by atoms with E-state index >= 15 is 0 Å². The van der Waals surface area contributed by atoms with E-state index in [9.17, 15) is 31.5 Å². The monoisotopic (exact) mass is 370 g/mol. The van der Waals surface area contributed by atoms with E-state index in [1.165, 1.54) is 0 Å². The fourth-order valence-corrected chi connectivity index (χ4v) is 6.03. The molecule has 138 valence electrons. The zero-order valence-electron chi connectivity index (χ0n) is 12.9. The summed E-state index contributed by atoms with van der Waals surface area (Å²) in [5.74, 6) is -1.62. The molecule has 1 heterocycles. The lowest BCUT2D eigenvalue weighted by Gasteiger charge is -2.46. The summed E-state index contributed by atoms with van der Waals surface area (Å²) in [6.45, 7) is -0.0896. The smallest absolute Gasteiger partial charge is 0.391 e. The van der Waals surface area contributed by atoms with Gasteiger partial charge in [-0.1, -0.05) is 0 Å². The molecule has 0 bridgehead atoms. The maximum absolute atomic E-state index is 13.0. The molecule has 6 atom stereocenters. The summed E-state index contributed by atoms with van der Waals surface area (Å²) in [5.41, 5.74) is 0. The molecular formula is C14H21F3N2O4S. The number of carbonyl (C=O) groups is 1. The quantitative estimate of drug-likeness (QED) is 0.705. The highest BCUT2D eigenvalue weighted by Crippen LogP contribution is 2.48. The van der Waals surface area contributed by atoms with Crippen LogP contribution in [0.4, 0.5) is 13.2 Å². The molecule has 3 aliphatic rings.